The highest BCUT2D eigenvalue weighted by Crippen LogP contribution is 2.43. The van der Waals surface area contributed by atoms with E-state index >= 15 is 0 Å². The summed E-state index contributed by atoms with van der Waals surface area (Å²) >= 11 is 6.28. The van der Waals surface area contributed by atoms with Crippen LogP contribution in [0.15, 0.2) is 30.5 Å². The van der Waals surface area contributed by atoms with Crippen LogP contribution in [-0.2, 0) is 4.74 Å². The van der Waals surface area contributed by atoms with Crippen molar-refractivity contribution in [2.45, 2.75) is 32.6 Å². The zero-order valence-electron chi connectivity index (χ0n) is 16.3. The number of ether oxygens (including phenoxy) is 1. The van der Waals surface area contributed by atoms with Crippen LogP contribution in [0.3, 0.4) is 0 Å². The number of aryl methyl sites for hydroxylation is 1. The number of benzene rings is 1. The summed E-state index contributed by atoms with van der Waals surface area (Å²) < 4.78 is 5.17. The van der Waals surface area contributed by atoms with Gasteiger partial charge in [-0.15, -0.1) is 0 Å². The van der Waals surface area contributed by atoms with Crippen molar-refractivity contribution < 1.29 is 9.53 Å². The van der Waals surface area contributed by atoms with E-state index in [1.807, 2.05) is 30.2 Å². The normalized spacial score (nSPS) is 19.0. The number of fused-ring (bicyclic) bond motifs is 2. The summed E-state index contributed by atoms with van der Waals surface area (Å²) in [5.41, 5.74) is 5.87. The molecule has 1 aliphatic carbocycles. The Bertz CT molecular complexity index is 861. The predicted molar refractivity (Wildman–Crippen MR) is 113 cm³/mol. The van der Waals surface area contributed by atoms with Gasteiger partial charge in [0.2, 0.25) is 0 Å². The Labute approximate surface area is 171 Å². The molecule has 28 heavy (non-hydrogen) atoms. The fraction of sp³-hybridized carbons (Fsp3) is 0.391. The number of halogens is 1. The van der Waals surface area contributed by atoms with Crippen molar-refractivity contribution in [3.63, 3.8) is 0 Å². The summed E-state index contributed by atoms with van der Waals surface area (Å²) in [6.07, 6.45) is 7.91. The topological polar surface area (TPSA) is 42.4 Å². The van der Waals surface area contributed by atoms with Gasteiger partial charge in [-0.2, -0.15) is 0 Å². The van der Waals surface area contributed by atoms with E-state index in [2.05, 4.69) is 31.2 Å². The minimum atomic E-state index is -0.204. The van der Waals surface area contributed by atoms with Gasteiger partial charge < -0.3 is 9.64 Å². The lowest BCUT2D eigenvalue weighted by molar-refractivity contribution is 0.0900. The molecule has 1 unspecified atom stereocenters. The first-order valence-corrected chi connectivity index (χ1v) is 10.3. The Morgan fingerprint density at radius 2 is 1.96 bits per heavy atom. The first-order valence-electron chi connectivity index (χ1n) is 9.92. The van der Waals surface area contributed by atoms with Gasteiger partial charge in [0.25, 0.3) is 0 Å². The van der Waals surface area contributed by atoms with E-state index in [0.717, 1.165) is 47.8 Å². The van der Waals surface area contributed by atoms with Gasteiger partial charge in [-0.1, -0.05) is 29.8 Å². The highest BCUT2D eigenvalue weighted by molar-refractivity contribution is 6.30. The number of hydrogen-bond donors (Lipinski definition) is 0. The van der Waals surface area contributed by atoms with Crippen molar-refractivity contribution >= 4 is 29.8 Å². The third kappa shape index (κ3) is 3.66. The zero-order valence-corrected chi connectivity index (χ0v) is 17.1. The van der Waals surface area contributed by atoms with Gasteiger partial charge >= 0.3 is 6.09 Å². The maximum Gasteiger partial charge on any atom is 0.409 e. The van der Waals surface area contributed by atoms with Gasteiger partial charge in [0, 0.05) is 30.2 Å². The Morgan fingerprint density at radius 1 is 1.21 bits per heavy atom. The second-order valence-corrected chi connectivity index (χ2v) is 8.03. The summed E-state index contributed by atoms with van der Waals surface area (Å²) in [5.74, 6) is 0.613. The van der Waals surface area contributed by atoms with Crippen LogP contribution < -0.4 is 0 Å². The van der Waals surface area contributed by atoms with Crippen molar-refractivity contribution in [3.05, 3.63) is 63.4 Å². The van der Waals surface area contributed by atoms with E-state index in [1.54, 1.807) is 0 Å². The maximum atomic E-state index is 12.1. The SMILES string of the molecule is CCOC(=O)N1CCC(C2c3ccc(Cl)cc3C=Cc3cc(C)cnc32)CC1. The minimum absolute atomic E-state index is 0.196. The van der Waals surface area contributed by atoms with Crippen LogP contribution in [0.2, 0.25) is 5.02 Å². The minimum Gasteiger partial charge on any atom is -0.450 e. The van der Waals surface area contributed by atoms with E-state index in [-0.39, 0.29) is 12.0 Å². The lowest BCUT2D eigenvalue weighted by Gasteiger charge is -2.36. The number of carbonyl (C=O) groups is 1. The summed E-state index contributed by atoms with van der Waals surface area (Å²) in [7, 11) is 0. The smallest absolute Gasteiger partial charge is 0.409 e. The third-order valence-electron chi connectivity index (χ3n) is 5.74. The maximum absolute atomic E-state index is 12.1. The molecule has 2 aromatic rings. The molecule has 2 heterocycles. The van der Waals surface area contributed by atoms with Crippen LogP contribution >= 0.6 is 11.6 Å². The molecule has 5 heteroatoms. The summed E-state index contributed by atoms with van der Waals surface area (Å²) in [4.78, 5) is 18.7. The Hall–Kier alpha value is -2.33. The molecule has 2 aliphatic rings. The molecule has 0 radical (unpaired) electrons. The first-order chi connectivity index (χ1) is 13.6. The van der Waals surface area contributed by atoms with Gasteiger partial charge in [0.1, 0.15) is 0 Å². The number of nitrogens with zero attached hydrogens (tertiary/aromatic N) is 2. The molecule has 0 saturated carbocycles. The first kappa shape index (κ1) is 19.0. The van der Waals surface area contributed by atoms with Crippen LogP contribution in [0.4, 0.5) is 4.79 Å². The molecule has 1 aromatic heterocycles. The van der Waals surface area contributed by atoms with E-state index in [1.165, 1.54) is 11.1 Å². The molecule has 0 bridgehead atoms. The third-order valence-corrected chi connectivity index (χ3v) is 5.98. The van der Waals surface area contributed by atoms with Gasteiger partial charge in [0.15, 0.2) is 0 Å². The molecule has 0 spiro atoms. The highest BCUT2D eigenvalue weighted by Gasteiger charge is 2.34. The number of pyridine rings is 1. The molecule has 1 aromatic carbocycles. The molecule has 0 N–H and O–H groups in total. The van der Waals surface area contributed by atoms with E-state index < -0.39 is 0 Å². The van der Waals surface area contributed by atoms with Crippen LogP contribution in [0.1, 0.15) is 53.6 Å². The molecule has 1 amide bonds. The van der Waals surface area contributed by atoms with Gasteiger partial charge in [-0.3, -0.25) is 4.98 Å². The molecule has 4 nitrogen and oxygen atoms in total. The Morgan fingerprint density at radius 3 is 2.71 bits per heavy atom. The molecular weight excluding hydrogens is 372 g/mol. The average molecular weight is 397 g/mol. The fourth-order valence-corrected chi connectivity index (χ4v) is 4.58. The molecule has 1 fully saturated rings. The standard InChI is InChI=1S/C23H25ClN2O2/c1-3-28-23(27)26-10-8-16(9-11-26)21-20-7-6-19(24)13-17(20)4-5-18-12-15(2)14-25-22(18)21/h4-7,12-14,16,21H,3,8-11H2,1-2H3. The van der Waals surface area contributed by atoms with Gasteiger partial charge in [0.05, 0.1) is 12.3 Å². The van der Waals surface area contributed by atoms with Gasteiger partial charge in [-0.05, 0) is 73.1 Å². The summed E-state index contributed by atoms with van der Waals surface area (Å²) in [6.45, 7) is 5.77. The van der Waals surface area contributed by atoms with Crippen molar-refractivity contribution in [1.29, 1.82) is 0 Å². The van der Waals surface area contributed by atoms with Crippen LogP contribution in [0, 0.1) is 12.8 Å². The number of aromatic nitrogens is 1. The quantitative estimate of drug-likeness (QED) is 0.670. The lowest BCUT2D eigenvalue weighted by Crippen LogP contribution is -2.40. The predicted octanol–water partition coefficient (Wildman–Crippen LogP) is 5.53. The Kier molecular flexibility index (Phi) is 5.40. The summed E-state index contributed by atoms with van der Waals surface area (Å²) in [6, 6.07) is 8.34. The van der Waals surface area contributed by atoms with Crippen molar-refractivity contribution in [3.8, 4) is 0 Å². The number of carbonyl (C=O) groups excluding carboxylic acids is 1. The van der Waals surface area contributed by atoms with Crippen molar-refractivity contribution in [1.82, 2.24) is 9.88 Å². The van der Waals surface area contributed by atoms with E-state index in [9.17, 15) is 4.79 Å². The molecular formula is C23H25ClN2O2. The molecule has 1 atom stereocenters. The van der Waals surface area contributed by atoms with Crippen molar-refractivity contribution in [2.24, 2.45) is 5.92 Å². The number of hydrogen-bond acceptors (Lipinski definition) is 3. The largest absolute Gasteiger partial charge is 0.450 e. The number of amides is 1. The Balaban J connectivity index is 1.69. The second kappa shape index (κ2) is 7.96. The van der Waals surface area contributed by atoms with Crippen LogP contribution in [0.5, 0.6) is 0 Å². The fourth-order valence-electron chi connectivity index (χ4n) is 4.40. The van der Waals surface area contributed by atoms with Crippen molar-refractivity contribution in [2.75, 3.05) is 19.7 Å². The highest BCUT2D eigenvalue weighted by atomic mass is 35.5. The average Bonchev–Trinajstić information content (AvgIpc) is 2.84. The lowest BCUT2D eigenvalue weighted by atomic mass is 9.76. The zero-order chi connectivity index (χ0) is 19.7. The second-order valence-electron chi connectivity index (χ2n) is 7.59. The van der Waals surface area contributed by atoms with Crippen LogP contribution in [-0.4, -0.2) is 35.7 Å². The van der Waals surface area contributed by atoms with E-state index in [0.29, 0.717) is 12.5 Å². The number of piperidine rings is 1. The molecule has 4 rings (SSSR count). The monoisotopic (exact) mass is 396 g/mol. The molecule has 146 valence electrons. The van der Waals surface area contributed by atoms with E-state index in [4.69, 9.17) is 21.3 Å². The molecule has 1 aliphatic heterocycles. The number of rotatable bonds is 2. The summed E-state index contributed by atoms with van der Waals surface area (Å²) in [5, 5.41) is 0.745. The van der Waals surface area contributed by atoms with Gasteiger partial charge in [-0.25, -0.2) is 4.79 Å². The molecule has 1 saturated heterocycles. The number of likely N-dealkylation sites (tertiary alicyclic amines) is 1. The van der Waals surface area contributed by atoms with Crippen LogP contribution in [0.25, 0.3) is 12.2 Å².